The van der Waals surface area contributed by atoms with Gasteiger partial charge in [-0.05, 0) is 17.5 Å². The van der Waals surface area contributed by atoms with Crippen molar-refractivity contribution < 1.29 is 9.47 Å². The van der Waals surface area contributed by atoms with E-state index in [1.165, 1.54) is 0 Å². The molecule has 2 nitrogen and oxygen atoms in total. The van der Waals surface area contributed by atoms with E-state index in [2.05, 4.69) is 29.8 Å². The van der Waals surface area contributed by atoms with Gasteiger partial charge in [-0.15, -0.1) is 0 Å². The fourth-order valence-corrected chi connectivity index (χ4v) is 2.55. The van der Waals surface area contributed by atoms with Crippen LogP contribution in [0.1, 0.15) is 30.7 Å². The third-order valence-electron chi connectivity index (χ3n) is 2.75. The summed E-state index contributed by atoms with van der Waals surface area (Å²) >= 11 is 9.96. The molecule has 1 aliphatic rings. The number of benzene rings is 1. The average Bonchev–Trinajstić information content (AvgIpc) is 2.51. The van der Waals surface area contributed by atoms with E-state index in [1.54, 1.807) is 0 Å². The van der Waals surface area contributed by atoms with Crippen LogP contribution >= 0.6 is 27.5 Å². The molecule has 0 N–H and O–H groups in total. The van der Waals surface area contributed by atoms with E-state index >= 15 is 0 Å². The van der Waals surface area contributed by atoms with E-state index in [0.29, 0.717) is 19.1 Å². The van der Waals surface area contributed by atoms with Crippen LogP contribution in [0.4, 0.5) is 0 Å². The molecule has 0 spiro atoms. The van der Waals surface area contributed by atoms with Crippen molar-refractivity contribution in [2.45, 2.75) is 25.1 Å². The summed E-state index contributed by atoms with van der Waals surface area (Å²) in [7, 11) is 0. The molecule has 0 amide bonds. The van der Waals surface area contributed by atoms with Crippen molar-refractivity contribution in [2.24, 2.45) is 5.92 Å². The second-order valence-electron chi connectivity index (χ2n) is 4.52. The molecule has 0 saturated heterocycles. The van der Waals surface area contributed by atoms with Crippen LogP contribution in [0.3, 0.4) is 0 Å². The maximum absolute atomic E-state index is 6.29. The van der Waals surface area contributed by atoms with Crippen LogP contribution in [0.15, 0.2) is 12.1 Å². The fourth-order valence-electron chi connectivity index (χ4n) is 1.77. The molecular weight excluding hydrogens is 303 g/mol. The number of rotatable bonds is 2. The van der Waals surface area contributed by atoms with Gasteiger partial charge in [-0.1, -0.05) is 41.4 Å². The number of ether oxygens (including phenoxy) is 2. The molecule has 2 rings (SSSR count). The predicted octanol–water partition coefficient (Wildman–Crippen LogP) is 4.59. The third kappa shape index (κ3) is 2.89. The molecule has 17 heavy (non-hydrogen) atoms. The summed E-state index contributed by atoms with van der Waals surface area (Å²) in [6.07, 6.45) is 0.906. The minimum absolute atomic E-state index is 0.229. The maximum Gasteiger partial charge on any atom is 0.162 e. The van der Waals surface area contributed by atoms with Crippen molar-refractivity contribution in [1.29, 1.82) is 0 Å². The van der Waals surface area contributed by atoms with Gasteiger partial charge in [0.15, 0.2) is 11.5 Å². The SMILES string of the molecule is CC(C)C(Br)c1cc2c(cc1Cl)OCCCO2. The number of halogens is 2. The van der Waals surface area contributed by atoms with Crippen molar-refractivity contribution in [2.75, 3.05) is 13.2 Å². The monoisotopic (exact) mass is 318 g/mol. The largest absolute Gasteiger partial charge is 0.490 e. The summed E-state index contributed by atoms with van der Waals surface area (Å²) in [6.45, 7) is 5.69. The van der Waals surface area contributed by atoms with E-state index in [9.17, 15) is 0 Å². The standard InChI is InChI=1S/C13H16BrClO2/c1-8(2)13(14)9-6-11-12(7-10(9)15)17-5-3-4-16-11/h6-8,13H,3-5H2,1-2H3. The quantitative estimate of drug-likeness (QED) is 0.742. The zero-order chi connectivity index (χ0) is 12.4. The predicted molar refractivity (Wildman–Crippen MR) is 73.6 cm³/mol. The zero-order valence-electron chi connectivity index (χ0n) is 10.0. The Balaban J connectivity index is 2.38. The van der Waals surface area contributed by atoms with Gasteiger partial charge >= 0.3 is 0 Å². The lowest BCUT2D eigenvalue weighted by atomic mass is 10.0. The summed E-state index contributed by atoms with van der Waals surface area (Å²) in [5, 5.41) is 0.727. The van der Waals surface area contributed by atoms with Gasteiger partial charge in [0.2, 0.25) is 0 Å². The van der Waals surface area contributed by atoms with E-state index in [1.807, 2.05) is 12.1 Å². The van der Waals surface area contributed by atoms with Gasteiger partial charge in [0.25, 0.3) is 0 Å². The molecule has 0 aliphatic carbocycles. The molecule has 1 aliphatic heterocycles. The first-order valence-electron chi connectivity index (χ1n) is 5.82. The lowest BCUT2D eigenvalue weighted by Crippen LogP contribution is -2.01. The Hall–Kier alpha value is -0.410. The summed E-state index contributed by atoms with van der Waals surface area (Å²) < 4.78 is 11.3. The van der Waals surface area contributed by atoms with Gasteiger partial charge in [-0.2, -0.15) is 0 Å². The van der Waals surface area contributed by atoms with Crippen LogP contribution in [-0.4, -0.2) is 13.2 Å². The summed E-state index contributed by atoms with van der Waals surface area (Å²) in [6, 6.07) is 3.84. The van der Waals surface area contributed by atoms with Crippen molar-refractivity contribution in [3.05, 3.63) is 22.7 Å². The summed E-state index contributed by atoms with van der Waals surface area (Å²) in [5.41, 5.74) is 1.06. The first-order chi connectivity index (χ1) is 8.09. The highest BCUT2D eigenvalue weighted by molar-refractivity contribution is 9.09. The van der Waals surface area contributed by atoms with Gasteiger partial charge < -0.3 is 9.47 Å². The van der Waals surface area contributed by atoms with Crippen molar-refractivity contribution in [3.63, 3.8) is 0 Å². The Morgan fingerprint density at radius 3 is 2.35 bits per heavy atom. The molecule has 0 saturated carbocycles. The van der Waals surface area contributed by atoms with E-state index in [-0.39, 0.29) is 4.83 Å². The molecule has 1 aromatic carbocycles. The van der Waals surface area contributed by atoms with Gasteiger partial charge in [0.05, 0.1) is 13.2 Å². The molecule has 0 radical (unpaired) electrons. The zero-order valence-corrected chi connectivity index (χ0v) is 12.3. The van der Waals surface area contributed by atoms with Gasteiger partial charge in [-0.25, -0.2) is 0 Å². The second-order valence-corrected chi connectivity index (χ2v) is 5.91. The summed E-state index contributed by atoms with van der Waals surface area (Å²) in [4.78, 5) is 0.229. The van der Waals surface area contributed by atoms with Crippen molar-refractivity contribution in [3.8, 4) is 11.5 Å². The van der Waals surface area contributed by atoms with E-state index in [4.69, 9.17) is 21.1 Å². The van der Waals surface area contributed by atoms with Gasteiger partial charge in [0.1, 0.15) is 0 Å². The van der Waals surface area contributed by atoms with Crippen LogP contribution in [0.2, 0.25) is 5.02 Å². The molecule has 94 valence electrons. The molecule has 0 aromatic heterocycles. The molecule has 0 bridgehead atoms. The lowest BCUT2D eigenvalue weighted by molar-refractivity contribution is 0.297. The average molecular weight is 320 g/mol. The Bertz CT molecular complexity index is 407. The molecule has 1 aromatic rings. The van der Waals surface area contributed by atoms with Gasteiger partial charge in [-0.3, -0.25) is 0 Å². The topological polar surface area (TPSA) is 18.5 Å². The number of hydrogen-bond acceptors (Lipinski definition) is 2. The third-order valence-corrected chi connectivity index (χ3v) is 4.63. The first-order valence-corrected chi connectivity index (χ1v) is 7.12. The lowest BCUT2D eigenvalue weighted by Gasteiger charge is -2.18. The molecular formula is C13H16BrClO2. The molecule has 4 heteroatoms. The minimum atomic E-state index is 0.229. The Labute approximate surface area is 115 Å². The molecule has 1 atom stereocenters. The fraction of sp³-hybridized carbons (Fsp3) is 0.538. The highest BCUT2D eigenvalue weighted by Gasteiger charge is 2.20. The highest BCUT2D eigenvalue weighted by atomic mass is 79.9. The van der Waals surface area contributed by atoms with Crippen LogP contribution in [-0.2, 0) is 0 Å². The second kappa shape index (κ2) is 5.49. The van der Waals surface area contributed by atoms with Crippen LogP contribution in [0, 0.1) is 5.92 Å². The van der Waals surface area contributed by atoms with E-state index in [0.717, 1.165) is 28.5 Å². The van der Waals surface area contributed by atoms with Crippen molar-refractivity contribution >= 4 is 27.5 Å². The van der Waals surface area contributed by atoms with Crippen LogP contribution in [0.5, 0.6) is 11.5 Å². The normalized spacial score (nSPS) is 16.8. The van der Waals surface area contributed by atoms with Crippen LogP contribution in [0.25, 0.3) is 0 Å². The smallest absolute Gasteiger partial charge is 0.162 e. The number of alkyl halides is 1. The molecule has 0 fully saturated rings. The van der Waals surface area contributed by atoms with Gasteiger partial charge in [0, 0.05) is 22.3 Å². The minimum Gasteiger partial charge on any atom is -0.490 e. The summed E-state index contributed by atoms with van der Waals surface area (Å²) in [5.74, 6) is 2.02. The number of fused-ring (bicyclic) bond motifs is 1. The van der Waals surface area contributed by atoms with Crippen molar-refractivity contribution in [1.82, 2.24) is 0 Å². The maximum atomic E-state index is 6.29. The van der Waals surface area contributed by atoms with E-state index < -0.39 is 0 Å². The molecule has 1 unspecified atom stereocenters. The Kier molecular flexibility index (Phi) is 4.21. The Morgan fingerprint density at radius 1 is 1.18 bits per heavy atom. The number of hydrogen-bond donors (Lipinski definition) is 0. The highest BCUT2D eigenvalue weighted by Crippen LogP contribution is 2.42. The van der Waals surface area contributed by atoms with Crippen LogP contribution < -0.4 is 9.47 Å². The Morgan fingerprint density at radius 2 is 1.76 bits per heavy atom. The first kappa shape index (κ1) is 13.0. The molecule has 1 heterocycles.